The normalized spacial score (nSPS) is 14.2. The second-order valence-corrected chi connectivity index (χ2v) is 6.25. The molecule has 1 N–H and O–H groups in total. The fraction of sp³-hybridized carbons (Fsp3) is 0.294. The van der Waals surface area contributed by atoms with E-state index in [0.29, 0.717) is 24.0 Å². The van der Waals surface area contributed by atoms with Gasteiger partial charge in [0.05, 0.1) is 11.6 Å². The van der Waals surface area contributed by atoms with Crippen molar-refractivity contribution in [2.45, 2.75) is 6.61 Å². The number of pyridine rings is 1. The largest absolute Gasteiger partial charge is 0.472 e. The summed E-state index contributed by atoms with van der Waals surface area (Å²) in [5.41, 5.74) is 0.548. The number of ether oxygens (including phenoxy) is 1. The van der Waals surface area contributed by atoms with Gasteiger partial charge in [-0.2, -0.15) is 10.2 Å². The zero-order valence-corrected chi connectivity index (χ0v) is 14.6. The molecule has 8 heteroatoms. The third kappa shape index (κ3) is 4.04. The van der Waals surface area contributed by atoms with Crippen molar-refractivity contribution in [2.75, 3.05) is 31.1 Å². The summed E-state index contributed by atoms with van der Waals surface area (Å²) in [6.07, 6.45) is 0. The van der Waals surface area contributed by atoms with E-state index in [4.69, 9.17) is 10.00 Å². The van der Waals surface area contributed by atoms with Crippen molar-refractivity contribution in [2.24, 2.45) is 0 Å². The molecule has 0 radical (unpaired) electrons. The topological polar surface area (TPSA) is 61.2 Å². The Morgan fingerprint density at radius 1 is 1.24 bits per heavy atom. The molecule has 0 aliphatic carbocycles. The monoisotopic (exact) mass is 362 g/mol. The molecule has 2 heterocycles. The van der Waals surface area contributed by atoms with Crippen molar-refractivity contribution in [1.29, 1.82) is 5.26 Å². The molecule has 0 saturated carbocycles. The van der Waals surface area contributed by atoms with Gasteiger partial charge in [-0.05, 0) is 18.2 Å². The van der Waals surface area contributed by atoms with Crippen molar-refractivity contribution in [3.63, 3.8) is 0 Å². The zero-order chi connectivity index (χ0) is 17.8. The van der Waals surface area contributed by atoms with Gasteiger partial charge in [-0.3, -0.25) is 0 Å². The van der Waals surface area contributed by atoms with E-state index in [1.54, 1.807) is 0 Å². The molecule has 25 heavy (non-hydrogen) atoms. The van der Waals surface area contributed by atoms with Gasteiger partial charge in [-0.25, -0.2) is 8.78 Å². The molecule has 2 aromatic rings. The highest BCUT2D eigenvalue weighted by Crippen LogP contribution is 2.22. The predicted molar refractivity (Wildman–Crippen MR) is 94.1 cm³/mol. The third-order valence-electron chi connectivity index (χ3n) is 3.91. The molecule has 0 amide bonds. The van der Waals surface area contributed by atoms with E-state index in [-0.39, 0.29) is 23.9 Å². The van der Waals surface area contributed by atoms with Gasteiger partial charge in [0.1, 0.15) is 12.4 Å². The molecule has 1 fully saturated rings. The number of piperazine rings is 1. The summed E-state index contributed by atoms with van der Waals surface area (Å²) in [6, 6.07) is 7.40. The molecular weight excluding hydrogens is 345 g/mol. The van der Waals surface area contributed by atoms with Crippen LogP contribution in [0, 0.1) is 23.0 Å². The Hall–Kier alpha value is -2.29. The number of hydrogen-bond acceptors (Lipinski definition) is 5. The fourth-order valence-corrected chi connectivity index (χ4v) is 2.87. The van der Waals surface area contributed by atoms with Crippen molar-refractivity contribution >= 4 is 20.4 Å². The number of nitrogens with zero attached hydrogens (tertiary/aromatic N) is 3. The summed E-state index contributed by atoms with van der Waals surface area (Å²) in [6.45, 7) is 2.78. The van der Waals surface area contributed by atoms with Crippen molar-refractivity contribution < 1.29 is 13.5 Å². The maximum atomic E-state index is 14.2. The van der Waals surface area contributed by atoms with E-state index in [2.05, 4.69) is 19.5 Å². The smallest absolute Gasteiger partial charge is 0.223 e. The Balaban J connectivity index is 1.79. The SMILES string of the molecule is N#Cc1ccc(COc2nc(N3CCNCC3)c(F)cc2P)c(F)c1. The van der Waals surface area contributed by atoms with Crippen LogP contribution in [0.4, 0.5) is 14.6 Å². The molecule has 1 saturated heterocycles. The number of halogens is 2. The Labute approximate surface area is 146 Å². The summed E-state index contributed by atoms with van der Waals surface area (Å²) in [5, 5.41) is 12.4. The average molecular weight is 362 g/mol. The van der Waals surface area contributed by atoms with Crippen LogP contribution < -0.4 is 20.3 Å². The number of anilines is 1. The second-order valence-electron chi connectivity index (χ2n) is 5.63. The predicted octanol–water partition coefficient (Wildman–Crippen LogP) is 1.72. The number of nitrogens with one attached hydrogen (secondary N) is 1. The van der Waals surface area contributed by atoms with E-state index < -0.39 is 11.6 Å². The molecule has 5 nitrogen and oxygen atoms in total. The number of aromatic nitrogens is 1. The first-order chi connectivity index (χ1) is 12.1. The fourth-order valence-electron chi connectivity index (χ4n) is 2.57. The van der Waals surface area contributed by atoms with Gasteiger partial charge in [0.25, 0.3) is 0 Å². The summed E-state index contributed by atoms with van der Waals surface area (Å²) in [5.74, 6) is -0.454. The molecule has 0 spiro atoms. The third-order valence-corrected chi connectivity index (χ3v) is 4.33. The van der Waals surface area contributed by atoms with Crippen LogP contribution in [-0.4, -0.2) is 31.2 Å². The number of hydrogen-bond donors (Lipinski definition) is 1. The van der Waals surface area contributed by atoms with E-state index in [0.717, 1.165) is 19.2 Å². The molecule has 1 unspecified atom stereocenters. The Kier molecular flexibility index (Phi) is 5.42. The highest BCUT2D eigenvalue weighted by molar-refractivity contribution is 7.27. The molecule has 1 aromatic carbocycles. The molecule has 1 aliphatic heterocycles. The minimum absolute atomic E-state index is 0.0570. The van der Waals surface area contributed by atoms with Crippen molar-refractivity contribution in [3.05, 3.63) is 47.0 Å². The molecular formula is C17H17F2N4OP. The molecule has 1 aromatic heterocycles. The maximum Gasteiger partial charge on any atom is 0.223 e. The molecule has 0 bridgehead atoms. The van der Waals surface area contributed by atoms with Crippen LogP contribution in [0.5, 0.6) is 5.88 Å². The van der Waals surface area contributed by atoms with Gasteiger partial charge in [0, 0.05) is 37.0 Å². The molecule has 130 valence electrons. The summed E-state index contributed by atoms with van der Waals surface area (Å²) >= 11 is 0. The van der Waals surface area contributed by atoms with Gasteiger partial charge in [-0.15, -0.1) is 0 Å². The lowest BCUT2D eigenvalue weighted by atomic mass is 10.1. The van der Waals surface area contributed by atoms with Crippen LogP contribution in [-0.2, 0) is 6.61 Å². The lowest BCUT2D eigenvalue weighted by molar-refractivity contribution is 0.290. The highest BCUT2D eigenvalue weighted by atomic mass is 31.0. The minimum Gasteiger partial charge on any atom is -0.472 e. The van der Waals surface area contributed by atoms with E-state index in [9.17, 15) is 8.78 Å². The van der Waals surface area contributed by atoms with Gasteiger partial charge >= 0.3 is 0 Å². The first-order valence-corrected chi connectivity index (χ1v) is 8.39. The quantitative estimate of drug-likeness (QED) is 0.840. The Bertz CT molecular complexity index is 819. The standard InChI is InChI=1S/C17H17F2N4OP/c18-13-7-11(9-20)1-2-12(13)10-24-17-15(25)8-14(19)16(22-17)23-5-3-21-4-6-23/h1-2,7-8,21H,3-6,10,25H2. The number of nitriles is 1. The molecule has 1 atom stereocenters. The van der Waals surface area contributed by atoms with Gasteiger partial charge < -0.3 is 15.0 Å². The van der Waals surface area contributed by atoms with Crippen LogP contribution in [0.2, 0.25) is 0 Å². The van der Waals surface area contributed by atoms with E-state index in [1.807, 2.05) is 11.0 Å². The van der Waals surface area contributed by atoms with Crippen molar-refractivity contribution in [1.82, 2.24) is 10.3 Å². The molecule has 1 aliphatic rings. The lowest BCUT2D eigenvalue weighted by Gasteiger charge is -2.29. The highest BCUT2D eigenvalue weighted by Gasteiger charge is 2.19. The van der Waals surface area contributed by atoms with Crippen LogP contribution in [0.1, 0.15) is 11.1 Å². The van der Waals surface area contributed by atoms with Gasteiger partial charge in [0.15, 0.2) is 11.6 Å². The van der Waals surface area contributed by atoms with Crippen LogP contribution in [0.25, 0.3) is 0 Å². The van der Waals surface area contributed by atoms with Gasteiger partial charge in [-0.1, -0.05) is 15.3 Å². The second kappa shape index (κ2) is 7.73. The van der Waals surface area contributed by atoms with Crippen LogP contribution in [0.3, 0.4) is 0 Å². The Morgan fingerprint density at radius 3 is 2.68 bits per heavy atom. The van der Waals surface area contributed by atoms with Gasteiger partial charge in [0.2, 0.25) is 5.88 Å². The number of benzene rings is 1. The van der Waals surface area contributed by atoms with Crippen LogP contribution >= 0.6 is 9.24 Å². The van der Waals surface area contributed by atoms with E-state index >= 15 is 0 Å². The first-order valence-electron chi connectivity index (χ1n) is 7.81. The lowest BCUT2D eigenvalue weighted by Crippen LogP contribution is -2.44. The summed E-state index contributed by atoms with van der Waals surface area (Å²) in [4.78, 5) is 6.13. The average Bonchev–Trinajstić information content (AvgIpc) is 2.62. The summed E-state index contributed by atoms with van der Waals surface area (Å²) in [7, 11) is 2.38. The zero-order valence-electron chi connectivity index (χ0n) is 13.4. The van der Waals surface area contributed by atoms with Crippen LogP contribution in [0.15, 0.2) is 24.3 Å². The number of rotatable bonds is 4. The minimum atomic E-state index is -0.520. The van der Waals surface area contributed by atoms with E-state index in [1.165, 1.54) is 18.2 Å². The first kappa shape index (κ1) is 17.5. The maximum absolute atomic E-state index is 14.2. The summed E-state index contributed by atoms with van der Waals surface area (Å²) < 4.78 is 33.8. The Morgan fingerprint density at radius 2 is 2.00 bits per heavy atom. The molecule has 3 rings (SSSR count). The van der Waals surface area contributed by atoms with Crippen molar-refractivity contribution in [3.8, 4) is 11.9 Å².